The van der Waals surface area contributed by atoms with Gasteiger partial charge >= 0.3 is 0 Å². The van der Waals surface area contributed by atoms with Gasteiger partial charge in [0.1, 0.15) is 10.6 Å². The predicted octanol–water partition coefficient (Wildman–Crippen LogP) is 4.08. The highest BCUT2D eigenvalue weighted by molar-refractivity contribution is 7.99. The summed E-state index contributed by atoms with van der Waals surface area (Å²) in [5.41, 5.74) is 1.55. The number of methoxy groups -OCH3 is 1. The van der Waals surface area contributed by atoms with Crippen molar-refractivity contribution in [3.63, 3.8) is 0 Å². The van der Waals surface area contributed by atoms with E-state index in [-0.39, 0.29) is 17.1 Å². The smallest absolute Gasteiger partial charge is 0.263 e. The maximum Gasteiger partial charge on any atom is 0.263 e. The summed E-state index contributed by atoms with van der Waals surface area (Å²) in [6.45, 7) is 6.39. The number of thiophene rings is 1. The number of thioether (sulfide) groups is 1. The number of carbonyl (C=O) groups excluding carboxylic acids is 1. The number of ether oxygens (including phenoxy) is 1. The molecule has 0 N–H and O–H groups in total. The van der Waals surface area contributed by atoms with Crippen LogP contribution >= 0.6 is 23.1 Å². The van der Waals surface area contributed by atoms with E-state index in [9.17, 15) is 9.59 Å². The Bertz CT molecular complexity index is 1040. The zero-order valence-corrected chi connectivity index (χ0v) is 16.8. The lowest BCUT2D eigenvalue weighted by Crippen LogP contribution is -2.22. The molecule has 0 spiro atoms. The van der Waals surface area contributed by atoms with E-state index in [1.165, 1.54) is 23.1 Å². The maximum absolute atomic E-state index is 12.8. The Hall–Kier alpha value is -2.12. The molecule has 26 heavy (non-hydrogen) atoms. The molecule has 0 bridgehead atoms. The van der Waals surface area contributed by atoms with Crippen LogP contribution in [0.4, 0.5) is 0 Å². The Morgan fingerprint density at radius 2 is 2.12 bits per heavy atom. The second-order valence-corrected chi connectivity index (χ2v) is 8.00. The van der Waals surface area contributed by atoms with Gasteiger partial charge in [-0.15, -0.1) is 11.3 Å². The molecule has 0 saturated heterocycles. The van der Waals surface area contributed by atoms with Crippen molar-refractivity contribution in [2.75, 3.05) is 12.9 Å². The summed E-state index contributed by atoms with van der Waals surface area (Å²) in [5.74, 6) is 0.842. The van der Waals surface area contributed by atoms with Gasteiger partial charge in [0.15, 0.2) is 10.9 Å². The van der Waals surface area contributed by atoms with Crippen LogP contribution in [-0.2, 0) is 6.54 Å². The van der Waals surface area contributed by atoms with Gasteiger partial charge in [0, 0.05) is 17.0 Å². The molecule has 2 heterocycles. The molecular weight excluding hydrogens is 368 g/mol. The first-order chi connectivity index (χ1) is 12.5. The molecule has 0 amide bonds. The lowest BCUT2D eigenvalue weighted by atomic mass is 10.1. The highest BCUT2D eigenvalue weighted by Crippen LogP contribution is 2.28. The number of Topliss-reactive ketones (excluding diaryl/α,β-unsaturated/α-hetero) is 1. The molecule has 0 unspecified atom stereocenters. The molecule has 0 atom stereocenters. The zero-order chi connectivity index (χ0) is 18.8. The van der Waals surface area contributed by atoms with Crippen molar-refractivity contribution in [2.24, 2.45) is 0 Å². The number of ketones is 1. The molecule has 7 heteroatoms. The summed E-state index contributed by atoms with van der Waals surface area (Å²) in [4.78, 5) is 31.8. The molecule has 0 aliphatic rings. The fraction of sp³-hybridized carbons (Fsp3) is 0.316. The topological polar surface area (TPSA) is 61.2 Å². The predicted molar refractivity (Wildman–Crippen MR) is 107 cm³/mol. The van der Waals surface area contributed by atoms with Crippen LogP contribution in [-0.4, -0.2) is 28.2 Å². The number of fused-ring (bicyclic) bond motifs is 1. The van der Waals surface area contributed by atoms with E-state index in [2.05, 4.69) is 4.98 Å². The van der Waals surface area contributed by atoms with Gasteiger partial charge in [-0.3, -0.25) is 14.2 Å². The summed E-state index contributed by atoms with van der Waals surface area (Å²) in [6, 6.07) is 7.08. The fourth-order valence-electron chi connectivity index (χ4n) is 2.71. The molecule has 136 valence electrons. The van der Waals surface area contributed by atoms with Crippen LogP contribution in [0.25, 0.3) is 10.2 Å². The van der Waals surface area contributed by atoms with Crippen LogP contribution in [0.15, 0.2) is 34.2 Å². The second-order valence-electron chi connectivity index (χ2n) is 5.85. The van der Waals surface area contributed by atoms with Crippen molar-refractivity contribution in [1.82, 2.24) is 9.55 Å². The quantitative estimate of drug-likeness (QED) is 0.362. The zero-order valence-electron chi connectivity index (χ0n) is 15.2. The van der Waals surface area contributed by atoms with E-state index in [1.807, 2.05) is 20.8 Å². The van der Waals surface area contributed by atoms with Crippen LogP contribution < -0.4 is 10.3 Å². The van der Waals surface area contributed by atoms with E-state index >= 15 is 0 Å². The van der Waals surface area contributed by atoms with Crippen molar-refractivity contribution >= 4 is 39.1 Å². The number of nitrogens with zero attached hydrogens (tertiary/aromatic N) is 2. The van der Waals surface area contributed by atoms with Crippen molar-refractivity contribution in [3.05, 3.63) is 50.6 Å². The number of hydrogen-bond acceptors (Lipinski definition) is 6. The van der Waals surface area contributed by atoms with Gasteiger partial charge in [0.25, 0.3) is 5.56 Å². The summed E-state index contributed by atoms with van der Waals surface area (Å²) < 4.78 is 6.81. The summed E-state index contributed by atoms with van der Waals surface area (Å²) in [7, 11) is 1.57. The Morgan fingerprint density at radius 1 is 1.35 bits per heavy atom. The van der Waals surface area contributed by atoms with E-state index in [0.717, 1.165) is 15.3 Å². The van der Waals surface area contributed by atoms with Crippen molar-refractivity contribution in [1.29, 1.82) is 0 Å². The summed E-state index contributed by atoms with van der Waals surface area (Å²) >= 11 is 2.82. The summed E-state index contributed by atoms with van der Waals surface area (Å²) in [6.07, 6.45) is 0. The van der Waals surface area contributed by atoms with Crippen molar-refractivity contribution in [2.45, 2.75) is 32.5 Å². The van der Waals surface area contributed by atoms with E-state index in [1.54, 1.807) is 35.9 Å². The first-order valence-electron chi connectivity index (χ1n) is 8.26. The molecule has 3 rings (SSSR count). The van der Waals surface area contributed by atoms with Crippen LogP contribution in [0.1, 0.15) is 27.7 Å². The first-order valence-corrected chi connectivity index (χ1v) is 10.1. The highest BCUT2D eigenvalue weighted by Gasteiger charge is 2.17. The van der Waals surface area contributed by atoms with Gasteiger partial charge in [0.05, 0.1) is 18.2 Å². The standard InChI is InChI=1S/C19H20N2O3S2/c1-5-21-18(23)16-11(2)12(3)26-17(16)20-19(21)25-10-15(22)13-7-6-8-14(9-13)24-4/h6-9H,5,10H2,1-4H3. The average molecular weight is 389 g/mol. The first kappa shape index (κ1) is 18.7. The number of rotatable bonds is 6. The molecule has 5 nitrogen and oxygen atoms in total. The summed E-state index contributed by atoms with van der Waals surface area (Å²) in [5, 5.41) is 1.28. The van der Waals surface area contributed by atoms with Gasteiger partial charge < -0.3 is 4.74 Å². The van der Waals surface area contributed by atoms with Crippen LogP contribution in [0, 0.1) is 13.8 Å². The third-order valence-corrected chi connectivity index (χ3v) is 6.37. The number of carbonyl (C=O) groups is 1. The third kappa shape index (κ3) is 3.41. The van der Waals surface area contributed by atoms with Gasteiger partial charge in [-0.05, 0) is 38.5 Å². The minimum Gasteiger partial charge on any atom is -0.497 e. The fourth-order valence-corrected chi connectivity index (χ4v) is 4.74. The monoisotopic (exact) mass is 388 g/mol. The highest BCUT2D eigenvalue weighted by atomic mass is 32.2. The molecule has 3 aromatic rings. The second kappa shape index (κ2) is 7.63. The normalized spacial score (nSPS) is 11.1. The minimum atomic E-state index is -0.0318. The van der Waals surface area contributed by atoms with Crippen LogP contribution in [0.3, 0.4) is 0 Å². The molecule has 0 aliphatic carbocycles. The molecular formula is C19H20N2O3S2. The largest absolute Gasteiger partial charge is 0.497 e. The Morgan fingerprint density at radius 3 is 2.81 bits per heavy atom. The number of aryl methyl sites for hydroxylation is 2. The third-order valence-electron chi connectivity index (χ3n) is 4.29. The Balaban J connectivity index is 1.91. The van der Waals surface area contributed by atoms with Gasteiger partial charge in [-0.1, -0.05) is 23.9 Å². The van der Waals surface area contributed by atoms with Crippen LogP contribution in [0.2, 0.25) is 0 Å². The molecule has 0 fully saturated rings. The average Bonchev–Trinajstić information content (AvgIpc) is 2.93. The van der Waals surface area contributed by atoms with E-state index in [0.29, 0.717) is 28.4 Å². The maximum atomic E-state index is 12.8. The van der Waals surface area contributed by atoms with E-state index in [4.69, 9.17) is 4.74 Å². The Kier molecular flexibility index (Phi) is 5.48. The number of benzene rings is 1. The minimum absolute atomic E-state index is 0.0237. The molecule has 0 saturated carbocycles. The number of aromatic nitrogens is 2. The lowest BCUT2D eigenvalue weighted by molar-refractivity contribution is 0.102. The van der Waals surface area contributed by atoms with Crippen molar-refractivity contribution < 1.29 is 9.53 Å². The Labute approximate surface area is 160 Å². The van der Waals surface area contributed by atoms with Gasteiger partial charge in [-0.2, -0.15) is 0 Å². The molecule has 2 aromatic heterocycles. The molecule has 0 aliphatic heterocycles. The number of hydrogen-bond donors (Lipinski definition) is 0. The van der Waals surface area contributed by atoms with Crippen LogP contribution in [0.5, 0.6) is 5.75 Å². The SMILES string of the molecule is CCn1c(SCC(=O)c2cccc(OC)c2)nc2sc(C)c(C)c2c1=O. The molecule has 0 radical (unpaired) electrons. The van der Waals surface area contributed by atoms with E-state index < -0.39 is 0 Å². The molecule has 1 aromatic carbocycles. The lowest BCUT2D eigenvalue weighted by Gasteiger charge is -2.10. The van der Waals surface area contributed by atoms with Gasteiger partial charge in [-0.25, -0.2) is 4.98 Å². The van der Waals surface area contributed by atoms with Gasteiger partial charge in [0.2, 0.25) is 0 Å². The van der Waals surface area contributed by atoms with Crippen molar-refractivity contribution in [3.8, 4) is 5.75 Å².